The molecule has 1 saturated heterocycles. The Labute approximate surface area is 138 Å². The number of hydrogen-bond donors (Lipinski definition) is 0. The minimum absolute atomic E-state index is 0.126. The Bertz CT molecular complexity index is 757. The Morgan fingerprint density at radius 2 is 1.79 bits per heavy atom. The number of likely N-dealkylation sites (tertiary alicyclic amines) is 1. The predicted molar refractivity (Wildman–Crippen MR) is 84.2 cm³/mol. The van der Waals surface area contributed by atoms with Crippen molar-refractivity contribution < 1.29 is 19.3 Å². The van der Waals surface area contributed by atoms with E-state index in [1.54, 1.807) is 6.92 Å². The number of imide groups is 1. The zero-order valence-electron chi connectivity index (χ0n) is 13.1. The summed E-state index contributed by atoms with van der Waals surface area (Å²) in [5, 5.41) is 11.0. The molecule has 7 heteroatoms. The van der Waals surface area contributed by atoms with E-state index in [0.717, 1.165) is 4.90 Å². The molecule has 0 unspecified atom stereocenters. The molecule has 0 radical (unpaired) electrons. The minimum atomic E-state index is -0.557. The molecule has 24 heavy (non-hydrogen) atoms. The Kier molecular flexibility index (Phi) is 4.01. The van der Waals surface area contributed by atoms with Crippen LogP contribution in [0.5, 0.6) is 0 Å². The van der Waals surface area contributed by atoms with Crippen molar-refractivity contribution in [2.75, 3.05) is 6.54 Å². The lowest BCUT2D eigenvalue weighted by Crippen LogP contribution is -2.36. The van der Waals surface area contributed by atoms with Crippen molar-refractivity contribution in [1.29, 1.82) is 0 Å². The highest BCUT2D eigenvalue weighted by Gasteiger charge is 2.47. The van der Waals surface area contributed by atoms with E-state index in [9.17, 15) is 24.5 Å². The van der Waals surface area contributed by atoms with Gasteiger partial charge in [0, 0.05) is 17.2 Å². The Hall–Kier alpha value is -2.83. The third-order valence-electron chi connectivity index (χ3n) is 4.63. The zero-order valence-corrected chi connectivity index (χ0v) is 13.1. The standard InChI is InChI=1S/C17H16N2O5/c1-10-6-7-11(8-14(10)19(23)24)15(20)9-18-16(21)12-4-2-3-5-13(12)17(18)22/h2-3,6-8,12-13H,4-5,9H2,1H3/t12-,13+. The molecule has 1 aromatic rings. The van der Waals surface area contributed by atoms with Crippen LogP contribution in [0.2, 0.25) is 0 Å². The third-order valence-corrected chi connectivity index (χ3v) is 4.63. The molecule has 0 N–H and O–H groups in total. The minimum Gasteiger partial charge on any atom is -0.292 e. The summed E-state index contributed by atoms with van der Waals surface area (Å²) < 4.78 is 0. The van der Waals surface area contributed by atoms with Crippen molar-refractivity contribution in [1.82, 2.24) is 4.90 Å². The molecule has 7 nitrogen and oxygen atoms in total. The van der Waals surface area contributed by atoms with Crippen molar-refractivity contribution in [3.8, 4) is 0 Å². The summed E-state index contributed by atoms with van der Waals surface area (Å²) in [6, 6.07) is 4.16. The second-order valence-corrected chi connectivity index (χ2v) is 6.10. The number of aryl methyl sites for hydroxylation is 1. The van der Waals surface area contributed by atoms with Crippen LogP contribution in [-0.2, 0) is 9.59 Å². The van der Waals surface area contributed by atoms with Crippen molar-refractivity contribution >= 4 is 23.3 Å². The van der Waals surface area contributed by atoms with Gasteiger partial charge in [-0.2, -0.15) is 0 Å². The van der Waals surface area contributed by atoms with Gasteiger partial charge in [-0.1, -0.05) is 24.3 Å². The van der Waals surface area contributed by atoms with E-state index >= 15 is 0 Å². The molecule has 1 aliphatic carbocycles. The second-order valence-electron chi connectivity index (χ2n) is 6.10. The van der Waals surface area contributed by atoms with Crippen LogP contribution in [0.3, 0.4) is 0 Å². The van der Waals surface area contributed by atoms with E-state index in [1.807, 2.05) is 12.2 Å². The maximum Gasteiger partial charge on any atom is 0.273 e. The fourth-order valence-corrected chi connectivity index (χ4v) is 3.24. The number of carbonyl (C=O) groups excluding carboxylic acids is 3. The second kappa shape index (κ2) is 5.99. The van der Waals surface area contributed by atoms with Crippen LogP contribution in [-0.4, -0.2) is 34.0 Å². The molecule has 1 heterocycles. The highest BCUT2D eigenvalue weighted by Crippen LogP contribution is 2.35. The van der Waals surface area contributed by atoms with Gasteiger partial charge in [0.2, 0.25) is 11.8 Å². The lowest BCUT2D eigenvalue weighted by molar-refractivity contribution is -0.385. The van der Waals surface area contributed by atoms with E-state index in [-0.39, 0.29) is 41.4 Å². The number of carbonyl (C=O) groups is 3. The molecule has 0 spiro atoms. The molecule has 3 rings (SSSR count). The number of ketones is 1. The summed E-state index contributed by atoms with van der Waals surface area (Å²) in [6.45, 7) is 1.21. The number of nitrogens with zero attached hydrogens (tertiary/aromatic N) is 2. The number of nitro benzene ring substituents is 1. The molecule has 1 aromatic carbocycles. The van der Waals surface area contributed by atoms with E-state index in [4.69, 9.17) is 0 Å². The number of benzene rings is 1. The molecule has 1 fully saturated rings. The summed E-state index contributed by atoms with van der Waals surface area (Å²) >= 11 is 0. The summed E-state index contributed by atoms with van der Waals surface area (Å²) in [5.41, 5.74) is 0.417. The zero-order chi connectivity index (χ0) is 17.4. The summed E-state index contributed by atoms with van der Waals surface area (Å²) in [5.74, 6) is -1.91. The predicted octanol–water partition coefficient (Wildman–Crippen LogP) is 2.04. The molecular weight excluding hydrogens is 312 g/mol. The molecule has 0 aromatic heterocycles. The van der Waals surface area contributed by atoms with Crippen LogP contribution >= 0.6 is 0 Å². The number of amides is 2. The highest BCUT2D eigenvalue weighted by atomic mass is 16.6. The van der Waals surface area contributed by atoms with Crippen molar-refractivity contribution in [3.63, 3.8) is 0 Å². The highest BCUT2D eigenvalue weighted by molar-refractivity contribution is 6.10. The van der Waals surface area contributed by atoms with Crippen LogP contribution in [0.4, 0.5) is 5.69 Å². The van der Waals surface area contributed by atoms with E-state index < -0.39 is 10.7 Å². The largest absolute Gasteiger partial charge is 0.292 e. The van der Waals surface area contributed by atoms with E-state index in [1.165, 1.54) is 18.2 Å². The first kappa shape index (κ1) is 16.0. The average molecular weight is 328 g/mol. The van der Waals surface area contributed by atoms with Crippen molar-refractivity contribution in [2.45, 2.75) is 19.8 Å². The molecular formula is C17H16N2O5. The van der Waals surface area contributed by atoms with Crippen LogP contribution in [0.1, 0.15) is 28.8 Å². The first-order valence-corrected chi connectivity index (χ1v) is 7.68. The molecule has 2 amide bonds. The van der Waals surface area contributed by atoms with Gasteiger partial charge in [-0.15, -0.1) is 0 Å². The number of fused-ring (bicyclic) bond motifs is 1. The topological polar surface area (TPSA) is 97.6 Å². The fraction of sp³-hybridized carbons (Fsp3) is 0.353. The van der Waals surface area contributed by atoms with Gasteiger partial charge in [-0.25, -0.2) is 0 Å². The SMILES string of the molecule is Cc1ccc(C(=O)CN2C(=O)[C@H]3CC=CC[C@H]3C2=O)cc1[N+](=O)[O-]. The summed E-state index contributed by atoms with van der Waals surface area (Å²) in [4.78, 5) is 48.5. The quantitative estimate of drug-likeness (QED) is 0.277. The van der Waals surface area contributed by atoms with Gasteiger partial charge in [0.05, 0.1) is 23.3 Å². The number of nitro groups is 1. The first-order chi connectivity index (χ1) is 11.4. The Morgan fingerprint density at radius 1 is 1.21 bits per heavy atom. The summed E-state index contributed by atoms with van der Waals surface area (Å²) in [6.07, 6.45) is 4.77. The number of allylic oxidation sites excluding steroid dienone is 2. The van der Waals surface area contributed by atoms with Crippen LogP contribution in [0.25, 0.3) is 0 Å². The number of hydrogen-bond acceptors (Lipinski definition) is 5. The van der Waals surface area contributed by atoms with E-state index in [0.29, 0.717) is 18.4 Å². The first-order valence-electron chi connectivity index (χ1n) is 7.68. The Morgan fingerprint density at radius 3 is 2.33 bits per heavy atom. The van der Waals surface area contributed by atoms with Crippen LogP contribution in [0.15, 0.2) is 30.4 Å². The molecule has 0 saturated carbocycles. The fourth-order valence-electron chi connectivity index (χ4n) is 3.24. The lowest BCUT2D eigenvalue weighted by atomic mass is 9.85. The van der Waals surface area contributed by atoms with Crippen molar-refractivity contribution in [3.05, 3.63) is 51.6 Å². The monoisotopic (exact) mass is 328 g/mol. The maximum absolute atomic E-state index is 12.4. The van der Waals surface area contributed by atoms with Gasteiger partial charge < -0.3 is 0 Å². The van der Waals surface area contributed by atoms with E-state index in [2.05, 4.69) is 0 Å². The van der Waals surface area contributed by atoms with Crippen molar-refractivity contribution in [2.24, 2.45) is 11.8 Å². The molecule has 0 bridgehead atoms. The smallest absolute Gasteiger partial charge is 0.273 e. The van der Waals surface area contributed by atoms with Gasteiger partial charge >= 0.3 is 0 Å². The third kappa shape index (κ3) is 2.62. The molecule has 1 aliphatic heterocycles. The van der Waals surface area contributed by atoms with Gasteiger partial charge in [0.25, 0.3) is 5.69 Å². The van der Waals surface area contributed by atoms with Gasteiger partial charge in [-0.05, 0) is 19.8 Å². The summed E-state index contributed by atoms with van der Waals surface area (Å²) in [7, 11) is 0. The molecule has 2 atom stereocenters. The molecule has 2 aliphatic rings. The molecule has 124 valence electrons. The van der Waals surface area contributed by atoms with Gasteiger partial charge in [-0.3, -0.25) is 29.4 Å². The van der Waals surface area contributed by atoms with Crippen LogP contribution in [0, 0.1) is 28.9 Å². The van der Waals surface area contributed by atoms with Gasteiger partial charge in [0.1, 0.15) is 0 Å². The average Bonchev–Trinajstić information content (AvgIpc) is 2.80. The Balaban J connectivity index is 1.80. The van der Waals surface area contributed by atoms with Crippen LogP contribution < -0.4 is 0 Å². The van der Waals surface area contributed by atoms with Gasteiger partial charge in [0.15, 0.2) is 5.78 Å². The number of Topliss-reactive ketones (excluding diaryl/α,β-unsaturated/α-hetero) is 1. The normalized spacial score (nSPS) is 22.6. The lowest BCUT2D eigenvalue weighted by Gasteiger charge is -2.14. The maximum atomic E-state index is 12.4. The number of rotatable bonds is 4.